The molecule has 0 aliphatic carbocycles. The minimum Gasteiger partial charge on any atom is -0.508 e. The second-order valence-corrected chi connectivity index (χ2v) is 5.20. The second-order valence-electron chi connectivity index (χ2n) is 3.18. The van der Waals surface area contributed by atoms with Gasteiger partial charge in [-0.2, -0.15) is 11.8 Å². The zero-order chi connectivity index (χ0) is 10.4. The molecule has 0 aliphatic heterocycles. The average Bonchev–Trinajstić information content (AvgIpc) is 2.18. The van der Waals surface area contributed by atoms with Gasteiger partial charge in [0.15, 0.2) is 0 Å². The first-order valence-corrected chi connectivity index (χ1v) is 6.74. The molecule has 1 N–H and O–H groups in total. The van der Waals surface area contributed by atoms with Gasteiger partial charge in [0.1, 0.15) is 5.75 Å². The van der Waals surface area contributed by atoms with Gasteiger partial charge in [-0.25, -0.2) is 0 Å². The molecule has 0 fully saturated rings. The summed E-state index contributed by atoms with van der Waals surface area (Å²) in [5.41, 5.74) is 1.01. The van der Waals surface area contributed by atoms with Crippen LogP contribution in [0.5, 0.6) is 5.75 Å². The summed E-state index contributed by atoms with van der Waals surface area (Å²) in [6.45, 7) is 2.19. The zero-order valence-electron chi connectivity index (χ0n) is 8.29. The first-order chi connectivity index (χ1) is 6.74. The summed E-state index contributed by atoms with van der Waals surface area (Å²) in [6.07, 6.45) is 2.48. The van der Waals surface area contributed by atoms with Gasteiger partial charge >= 0.3 is 0 Å². The van der Waals surface area contributed by atoms with Crippen LogP contribution in [0.1, 0.15) is 25.3 Å². The van der Waals surface area contributed by atoms with Crippen LogP contribution in [0.2, 0.25) is 0 Å². The number of halogens is 1. The highest BCUT2D eigenvalue weighted by atomic mass is 79.9. The second kappa shape index (κ2) is 6.36. The Hall–Kier alpha value is -0.150. The molecular weight excluding hydrogens is 260 g/mol. The lowest BCUT2D eigenvalue weighted by atomic mass is 10.2. The van der Waals surface area contributed by atoms with Crippen LogP contribution < -0.4 is 0 Å². The van der Waals surface area contributed by atoms with E-state index in [1.807, 2.05) is 23.9 Å². The Morgan fingerprint density at radius 3 is 2.93 bits per heavy atom. The molecule has 1 rings (SSSR count). The Labute approximate surface area is 98.0 Å². The van der Waals surface area contributed by atoms with Crippen LogP contribution in [-0.2, 0) is 5.75 Å². The topological polar surface area (TPSA) is 20.2 Å². The van der Waals surface area contributed by atoms with E-state index < -0.39 is 0 Å². The number of hydrogen-bond donors (Lipinski definition) is 1. The molecule has 1 nitrogen and oxygen atoms in total. The van der Waals surface area contributed by atoms with Crippen molar-refractivity contribution in [3.8, 4) is 5.75 Å². The fraction of sp³-hybridized carbons (Fsp3) is 0.455. The van der Waals surface area contributed by atoms with Gasteiger partial charge in [-0.3, -0.25) is 0 Å². The highest BCUT2D eigenvalue weighted by Crippen LogP contribution is 2.25. The van der Waals surface area contributed by atoms with E-state index in [0.29, 0.717) is 5.75 Å². The molecule has 0 aliphatic rings. The molecule has 0 spiro atoms. The summed E-state index contributed by atoms with van der Waals surface area (Å²) in [5.74, 6) is 2.46. The normalized spacial score (nSPS) is 10.4. The highest BCUT2D eigenvalue weighted by Gasteiger charge is 2.01. The van der Waals surface area contributed by atoms with Crippen LogP contribution in [0, 0.1) is 0 Å². The van der Waals surface area contributed by atoms with E-state index in [9.17, 15) is 5.11 Å². The lowest BCUT2D eigenvalue weighted by Crippen LogP contribution is -1.84. The van der Waals surface area contributed by atoms with Crippen molar-refractivity contribution in [2.45, 2.75) is 25.5 Å². The van der Waals surface area contributed by atoms with Gasteiger partial charge in [0, 0.05) is 15.8 Å². The number of rotatable bonds is 5. The lowest BCUT2D eigenvalue weighted by Gasteiger charge is -2.04. The summed E-state index contributed by atoms with van der Waals surface area (Å²) in [7, 11) is 0. The van der Waals surface area contributed by atoms with Gasteiger partial charge in [-0.15, -0.1) is 0 Å². The van der Waals surface area contributed by atoms with E-state index in [1.165, 1.54) is 18.6 Å². The van der Waals surface area contributed by atoms with E-state index >= 15 is 0 Å². The quantitative estimate of drug-likeness (QED) is 0.813. The molecule has 0 saturated heterocycles. The molecule has 0 bridgehead atoms. The van der Waals surface area contributed by atoms with Crippen molar-refractivity contribution in [2.75, 3.05) is 5.75 Å². The van der Waals surface area contributed by atoms with Gasteiger partial charge < -0.3 is 5.11 Å². The minimum atomic E-state index is 0.400. The molecular formula is C11H15BrOS. The number of phenolic OH excluding ortho intramolecular Hbond substituents is 1. The third kappa shape index (κ3) is 3.93. The van der Waals surface area contributed by atoms with E-state index in [2.05, 4.69) is 22.9 Å². The first-order valence-electron chi connectivity index (χ1n) is 4.79. The van der Waals surface area contributed by atoms with Crippen LogP contribution in [0.3, 0.4) is 0 Å². The van der Waals surface area contributed by atoms with Crippen LogP contribution in [0.15, 0.2) is 22.7 Å². The number of phenols is 1. The van der Waals surface area contributed by atoms with Gasteiger partial charge in [-0.1, -0.05) is 29.3 Å². The van der Waals surface area contributed by atoms with E-state index in [0.717, 1.165) is 15.8 Å². The van der Waals surface area contributed by atoms with Crippen LogP contribution in [-0.4, -0.2) is 10.9 Å². The Morgan fingerprint density at radius 2 is 2.21 bits per heavy atom. The predicted octanol–water partition coefficient (Wildman–Crippen LogP) is 4.19. The molecule has 14 heavy (non-hydrogen) atoms. The third-order valence-corrected chi connectivity index (χ3v) is 3.53. The monoisotopic (exact) mass is 274 g/mol. The molecule has 3 heteroatoms. The SMILES string of the molecule is CCCCSCc1cc(Br)ccc1O. The van der Waals surface area contributed by atoms with Crippen molar-refractivity contribution in [1.82, 2.24) is 0 Å². The van der Waals surface area contributed by atoms with Crippen molar-refractivity contribution in [1.29, 1.82) is 0 Å². The third-order valence-electron chi connectivity index (χ3n) is 1.94. The molecule has 0 unspecified atom stereocenters. The summed E-state index contributed by atoms with van der Waals surface area (Å²) in [5, 5.41) is 9.56. The van der Waals surface area contributed by atoms with Gasteiger partial charge in [0.05, 0.1) is 0 Å². The van der Waals surface area contributed by atoms with Gasteiger partial charge in [-0.05, 0) is 30.4 Å². The van der Waals surface area contributed by atoms with E-state index in [4.69, 9.17) is 0 Å². The zero-order valence-corrected chi connectivity index (χ0v) is 10.7. The molecule has 1 aromatic rings. The molecule has 78 valence electrons. The number of aromatic hydroxyl groups is 1. The fourth-order valence-electron chi connectivity index (χ4n) is 1.10. The van der Waals surface area contributed by atoms with Gasteiger partial charge in [0.25, 0.3) is 0 Å². The first kappa shape index (κ1) is 11.9. The molecule has 1 aromatic carbocycles. The number of thioether (sulfide) groups is 1. The Bertz CT molecular complexity index is 289. The minimum absolute atomic E-state index is 0.400. The van der Waals surface area contributed by atoms with Crippen molar-refractivity contribution in [3.63, 3.8) is 0 Å². The van der Waals surface area contributed by atoms with Crippen LogP contribution in [0.4, 0.5) is 0 Å². The standard InChI is InChI=1S/C11H15BrOS/c1-2-3-6-14-8-9-7-10(12)4-5-11(9)13/h4-5,7,13H,2-3,6,8H2,1H3. The highest BCUT2D eigenvalue weighted by molar-refractivity contribution is 9.10. The molecule has 0 heterocycles. The molecule has 0 radical (unpaired) electrons. The maximum Gasteiger partial charge on any atom is 0.119 e. The van der Waals surface area contributed by atoms with E-state index in [-0.39, 0.29) is 0 Å². The predicted molar refractivity (Wildman–Crippen MR) is 66.9 cm³/mol. The summed E-state index contributed by atoms with van der Waals surface area (Å²) < 4.78 is 1.03. The van der Waals surface area contributed by atoms with Crippen molar-refractivity contribution < 1.29 is 5.11 Å². The number of benzene rings is 1. The number of hydrogen-bond acceptors (Lipinski definition) is 2. The van der Waals surface area contributed by atoms with Crippen molar-refractivity contribution in [2.24, 2.45) is 0 Å². The van der Waals surface area contributed by atoms with Crippen LogP contribution in [0.25, 0.3) is 0 Å². The molecule has 0 aromatic heterocycles. The molecule has 0 atom stereocenters. The molecule has 0 saturated carbocycles. The van der Waals surface area contributed by atoms with Crippen LogP contribution >= 0.6 is 27.7 Å². The van der Waals surface area contributed by atoms with Crippen molar-refractivity contribution in [3.05, 3.63) is 28.2 Å². The smallest absolute Gasteiger partial charge is 0.119 e. The lowest BCUT2D eigenvalue weighted by molar-refractivity contribution is 0.470. The maximum absolute atomic E-state index is 9.56. The Kier molecular flexibility index (Phi) is 5.41. The summed E-state index contributed by atoms with van der Waals surface area (Å²) in [4.78, 5) is 0. The van der Waals surface area contributed by atoms with E-state index in [1.54, 1.807) is 6.07 Å². The summed E-state index contributed by atoms with van der Waals surface area (Å²) in [6, 6.07) is 5.57. The van der Waals surface area contributed by atoms with Crippen molar-refractivity contribution >= 4 is 27.7 Å². The molecule has 0 amide bonds. The number of unbranched alkanes of at least 4 members (excludes halogenated alkanes) is 1. The summed E-state index contributed by atoms with van der Waals surface area (Å²) >= 11 is 5.27. The largest absolute Gasteiger partial charge is 0.508 e. The van der Waals surface area contributed by atoms with Gasteiger partial charge in [0.2, 0.25) is 0 Å². The Morgan fingerprint density at radius 1 is 1.43 bits per heavy atom. The Balaban J connectivity index is 2.45. The average molecular weight is 275 g/mol. The maximum atomic E-state index is 9.56. The fourth-order valence-corrected chi connectivity index (χ4v) is 2.59.